The normalized spacial score (nSPS) is 18.0. The molecule has 26 heavy (non-hydrogen) atoms. The van der Waals surface area contributed by atoms with Crippen LogP contribution < -0.4 is 10.6 Å². The number of ketones is 1. The zero-order valence-corrected chi connectivity index (χ0v) is 13.8. The highest BCUT2D eigenvalue weighted by Gasteiger charge is 2.42. The lowest BCUT2D eigenvalue weighted by molar-refractivity contribution is -0.151. The molecule has 2 rings (SSSR count). The maximum absolute atomic E-state index is 12.1. The molecule has 1 unspecified atom stereocenters. The van der Waals surface area contributed by atoms with E-state index in [0.29, 0.717) is 5.56 Å². The number of benzene rings is 1. The summed E-state index contributed by atoms with van der Waals surface area (Å²) in [6.07, 6.45) is -0.957. The highest BCUT2D eigenvalue weighted by molar-refractivity contribution is 6.62. The Morgan fingerprint density at radius 1 is 1.27 bits per heavy atom. The van der Waals surface area contributed by atoms with Crippen LogP contribution in [-0.2, 0) is 23.9 Å². The molecule has 0 aromatic heterocycles. The number of β-lactam (4-membered cyclic amide) rings is 1. The Hall–Kier alpha value is -3.36. The van der Waals surface area contributed by atoms with E-state index in [-0.39, 0.29) is 6.61 Å². The number of rotatable bonds is 8. The number of esters is 1. The van der Waals surface area contributed by atoms with Crippen LogP contribution in [-0.4, -0.2) is 59.6 Å². The lowest BCUT2D eigenvalue weighted by Gasteiger charge is -2.36. The topological polar surface area (TPSA) is 147 Å². The van der Waals surface area contributed by atoms with Gasteiger partial charge in [-0.1, -0.05) is 18.2 Å². The van der Waals surface area contributed by atoms with Gasteiger partial charge in [-0.25, -0.2) is 4.79 Å². The van der Waals surface area contributed by atoms with Gasteiger partial charge in [-0.15, -0.1) is 0 Å². The zero-order chi connectivity index (χ0) is 19.1. The largest absolute Gasteiger partial charge is 0.457 e. The highest BCUT2D eigenvalue weighted by atomic mass is 16.5. The van der Waals surface area contributed by atoms with Crippen molar-refractivity contribution >= 4 is 29.3 Å². The molecule has 1 aromatic rings. The molecule has 2 N–H and O–H groups in total. The van der Waals surface area contributed by atoms with Gasteiger partial charge in [0, 0.05) is 5.56 Å². The van der Waals surface area contributed by atoms with Crippen molar-refractivity contribution in [3.05, 3.63) is 41.4 Å². The third-order valence-corrected chi connectivity index (χ3v) is 3.42. The van der Waals surface area contributed by atoms with Crippen LogP contribution in [0.5, 0.6) is 0 Å². The first-order valence-electron chi connectivity index (χ1n) is 7.68. The van der Waals surface area contributed by atoms with Gasteiger partial charge in [0.25, 0.3) is 11.7 Å². The standard InChI is InChI=1S/C16H16N4O6/c1-2-25-16(24)11(20-17)10(21)8-26-15-12(14(23)19-15)18-13(22)9-6-4-3-5-7-9/h3-7,12,15H,2,8H2,1H3,(H,18,22)(H,19,23)/t12-,15?/m0/s1. The van der Waals surface area contributed by atoms with E-state index in [1.807, 2.05) is 0 Å². The Morgan fingerprint density at radius 3 is 2.54 bits per heavy atom. The average Bonchev–Trinajstić information content (AvgIpc) is 2.64. The van der Waals surface area contributed by atoms with Gasteiger partial charge < -0.3 is 25.6 Å². The third kappa shape index (κ3) is 4.38. The number of nitrogens with zero attached hydrogens (tertiary/aromatic N) is 2. The van der Waals surface area contributed by atoms with E-state index in [1.54, 1.807) is 30.3 Å². The summed E-state index contributed by atoms with van der Waals surface area (Å²) in [6.45, 7) is 0.872. The van der Waals surface area contributed by atoms with Crippen LogP contribution in [0.1, 0.15) is 17.3 Å². The molecular weight excluding hydrogens is 344 g/mol. The summed E-state index contributed by atoms with van der Waals surface area (Å²) >= 11 is 0. The van der Waals surface area contributed by atoms with Gasteiger partial charge in [0.05, 0.1) is 6.61 Å². The van der Waals surface area contributed by atoms with E-state index in [9.17, 15) is 19.2 Å². The van der Waals surface area contributed by atoms with Crippen LogP contribution in [0.3, 0.4) is 0 Å². The Morgan fingerprint density at radius 2 is 1.96 bits per heavy atom. The van der Waals surface area contributed by atoms with Crippen LogP contribution in [0.25, 0.3) is 5.53 Å². The van der Waals surface area contributed by atoms with Crippen LogP contribution in [0.15, 0.2) is 30.3 Å². The number of carbonyl (C=O) groups is 4. The van der Waals surface area contributed by atoms with Crippen LogP contribution in [0, 0.1) is 0 Å². The van der Waals surface area contributed by atoms with Crippen LogP contribution >= 0.6 is 0 Å². The van der Waals surface area contributed by atoms with E-state index in [2.05, 4.69) is 20.2 Å². The van der Waals surface area contributed by atoms with Crippen molar-refractivity contribution in [2.75, 3.05) is 13.2 Å². The first-order chi connectivity index (χ1) is 12.5. The third-order valence-electron chi connectivity index (χ3n) is 3.42. The number of nitrogens with one attached hydrogen (secondary N) is 2. The first-order valence-corrected chi connectivity index (χ1v) is 7.68. The zero-order valence-electron chi connectivity index (χ0n) is 13.8. The summed E-state index contributed by atoms with van der Waals surface area (Å²) in [6, 6.07) is 7.26. The summed E-state index contributed by atoms with van der Waals surface area (Å²) in [7, 11) is 0. The fraction of sp³-hybridized carbons (Fsp3) is 0.312. The Balaban J connectivity index is 1.90. The van der Waals surface area contributed by atoms with Crippen molar-refractivity contribution in [1.82, 2.24) is 10.6 Å². The number of ether oxygens (including phenoxy) is 2. The van der Waals surface area contributed by atoms with Gasteiger partial charge in [0.2, 0.25) is 5.91 Å². The monoisotopic (exact) mass is 360 g/mol. The van der Waals surface area contributed by atoms with Crippen molar-refractivity contribution in [3.8, 4) is 0 Å². The summed E-state index contributed by atoms with van der Waals surface area (Å²) in [4.78, 5) is 49.6. The Labute approximate surface area is 148 Å². The van der Waals surface area contributed by atoms with Crippen molar-refractivity contribution in [2.24, 2.45) is 0 Å². The van der Waals surface area contributed by atoms with Gasteiger partial charge in [-0.3, -0.25) is 14.4 Å². The molecule has 1 saturated heterocycles. The molecule has 1 aliphatic heterocycles. The Kier molecular flexibility index (Phi) is 6.31. The number of amides is 2. The second kappa shape index (κ2) is 8.65. The predicted molar refractivity (Wildman–Crippen MR) is 85.8 cm³/mol. The second-order valence-electron chi connectivity index (χ2n) is 5.15. The average molecular weight is 360 g/mol. The summed E-state index contributed by atoms with van der Waals surface area (Å²) in [5.41, 5.74) is 8.30. The van der Waals surface area contributed by atoms with Crippen molar-refractivity contribution in [2.45, 2.75) is 19.2 Å². The van der Waals surface area contributed by atoms with E-state index >= 15 is 0 Å². The molecule has 136 valence electrons. The van der Waals surface area contributed by atoms with E-state index < -0.39 is 48.2 Å². The SMILES string of the molecule is CCOC(=O)C(=[N+]=[N-])C(=O)COC1NC(=O)[C@@H]1NC(=O)c1ccccc1. The molecule has 10 nitrogen and oxygen atoms in total. The minimum Gasteiger partial charge on any atom is -0.457 e. The maximum Gasteiger partial charge on any atom is 0.443 e. The molecule has 0 aliphatic carbocycles. The van der Waals surface area contributed by atoms with Gasteiger partial charge in [0.1, 0.15) is 6.61 Å². The quantitative estimate of drug-likeness (QED) is 0.153. The predicted octanol–water partition coefficient (Wildman–Crippen LogP) is -0.939. The van der Waals surface area contributed by atoms with Crippen LogP contribution in [0.2, 0.25) is 0 Å². The Bertz CT molecular complexity index is 772. The van der Waals surface area contributed by atoms with Gasteiger partial charge >= 0.3 is 11.7 Å². The van der Waals surface area contributed by atoms with E-state index in [4.69, 9.17) is 10.3 Å². The number of Topliss-reactive ketones (excluding diaryl/α,β-unsaturated/α-hetero) is 1. The van der Waals surface area contributed by atoms with Crippen molar-refractivity contribution in [1.29, 1.82) is 0 Å². The molecule has 0 spiro atoms. The van der Waals surface area contributed by atoms with E-state index in [1.165, 1.54) is 6.92 Å². The fourth-order valence-electron chi connectivity index (χ4n) is 2.09. The molecule has 1 aliphatic rings. The molecule has 0 saturated carbocycles. The molecule has 1 heterocycles. The fourth-order valence-corrected chi connectivity index (χ4v) is 2.09. The summed E-state index contributed by atoms with van der Waals surface area (Å²) < 4.78 is 9.74. The lowest BCUT2D eigenvalue weighted by atomic mass is 10.1. The van der Waals surface area contributed by atoms with Gasteiger partial charge in [-0.05, 0) is 19.1 Å². The minimum atomic E-state index is -1.09. The summed E-state index contributed by atoms with van der Waals surface area (Å²) in [5, 5.41) is 4.85. The molecular formula is C16H16N4O6. The molecule has 10 heteroatoms. The molecule has 1 fully saturated rings. The van der Waals surface area contributed by atoms with Gasteiger partial charge in [0.15, 0.2) is 12.3 Å². The van der Waals surface area contributed by atoms with Crippen LogP contribution in [0.4, 0.5) is 0 Å². The smallest absolute Gasteiger partial charge is 0.443 e. The van der Waals surface area contributed by atoms with Crippen molar-refractivity contribution < 1.29 is 33.4 Å². The number of hydrogen-bond donors (Lipinski definition) is 2. The maximum atomic E-state index is 12.1. The van der Waals surface area contributed by atoms with Crippen molar-refractivity contribution in [3.63, 3.8) is 0 Å². The second-order valence-corrected chi connectivity index (χ2v) is 5.15. The number of carbonyl (C=O) groups excluding carboxylic acids is 4. The van der Waals surface area contributed by atoms with E-state index in [0.717, 1.165) is 0 Å². The minimum absolute atomic E-state index is 0.00172. The van der Waals surface area contributed by atoms with Gasteiger partial charge in [-0.2, -0.15) is 4.79 Å². The highest BCUT2D eigenvalue weighted by Crippen LogP contribution is 2.10. The molecule has 2 amide bonds. The molecule has 0 radical (unpaired) electrons. The molecule has 2 atom stereocenters. The molecule has 0 bridgehead atoms. The molecule has 1 aromatic carbocycles. The summed E-state index contributed by atoms with van der Waals surface area (Å²) in [5.74, 6) is -2.97. The lowest BCUT2D eigenvalue weighted by Crippen LogP contribution is -2.70. The number of hydrogen-bond acceptors (Lipinski definition) is 6. The first kappa shape index (κ1) is 19.0.